The number of nitrogens with zero attached hydrogens (tertiary/aromatic N) is 4. The summed E-state index contributed by atoms with van der Waals surface area (Å²) in [6.07, 6.45) is 4.78. The Morgan fingerprint density at radius 3 is 3.00 bits per heavy atom. The number of carbonyl (C=O) groups excluding carboxylic acids is 1. The highest BCUT2D eigenvalue weighted by Gasteiger charge is 2.28. The number of hydrogen-bond donors (Lipinski definition) is 1. The third-order valence-corrected chi connectivity index (χ3v) is 3.09. The van der Waals surface area contributed by atoms with Crippen molar-refractivity contribution in [2.75, 3.05) is 20.1 Å². The van der Waals surface area contributed by atoms with Crippen LogP contribution in [0.4, 0.5) is 0 Å². The Hall–Kier alpha value is -1.43. The lowest BCUT2D eigenvalue weighted by molar-refractivity contribution is -0.129. The highest BCUT2D eigenvalue weighted by molar-refractivity contribution is 5.78. The van der Waals surface area contributed by atoms with Crippen molar-refractivity contribution in [3.63, 3.8) is 0 Å². The summed E-state index contributed by atoms with van der Waals surface area (Å²) in [5.74, 6) is 1.10. The maximum atomic E-state index is 11.7. The molecule has 0 unspecified atom stereocenters. The standard InChI is InChI=1S/C11H19N5O/c1-15-8-13-14-10(15)5-6-12-7-11(17)16(2)9-3-4-9/h8-9,12H,3-7H2,1-2H3. The molecule has 0 aromatic carbocycles. The van der Waals surface area contributed by atoms with Crippen LogP contribution < -0.4 is 5.32 Å². The SMILES string of the molecule is CN(C(=O)CNCCc1nncn1C)C1CC1. The molecule has 1 aliphatic rings. The highest BCUT2D eigenvalue weighted by atomic mass is 16.2. The molecule has 2 rings (SSSR count). The van der Waals surface area contributed by atoms with Crippen LogP contribution in [0.15, 0.2) is 6.33 Å². The Balaban J connectivity index is 1.63. The van der Waals surface area contributed by atoms with E-state index in [0.29, 0.717) is 12.6 Å². The first-order valence-electron chi connectivity index (χ1n) is 5.97. The average molecular weight is 237 g/mol. The fraction of sp³-hybridized carbons (Fsp3) is 0.727. The van der Waals surface area contributed by atoms with E-state index in [0.717, 1.165) is 31.6 Å². The average Bonchev–Trinajstić information content (AvgIpc) is 3.08. The van der Waals surface area contributed by atoms with Crippen molar-refractivity contribution in [2.45, 2.75) is 25.3 Å². The number of likely N-dealkylation sites (N-methyl/N-ethyl adjacent to an activating group) is 1. The number of rotatable bonds is 6. The van der Waals surface area contributed by atoms with Crippen LogP contribution in [0, 0.1) is 0 Å². The number of amides is 1. The number of hydrogen-bond acceptors (Lipinski definition) is 4. The van der Waals surface area contributed by atoms with E-state index in [9.17, 15) is 4.79 Å². The summed E-state index contributed by atoms with van der Waals surface area (Å²) < 4.78 is 1.89. The van der Waals surface area contributed by atoms with Gasteiger partial charge >= 0.3 is 0 Å². The zero-order chi connectivity index (χ0) is 12.3. The molecule has 1 aliphatic carbocycles. The minimum atomic E-state index is 0.172. The van der Waals surface area contributed by atoms with Gasteiger partial charge < -0.3 is 14.8 Å². The van der Waals surface area contributed by atoms with E-state index in [1.54, 1.807) is 6.33 Å². The summed E-state index contributed by atoms with van der Waals surface area (Å²) in [5, 5.41) is 10.9. The van der Waals surface area contributed by atoms with Gasteiger partial charge in [-0.15, -0.1) is 10.2 Å². The molecule has 6 nitrogen and oxygen atoms in total. The third-order valence-electron chi connectivity index (χ3n) is 3.09. The van der Waals surface area contributed by atoms with Gasteiger partial charge in [0.2, 0.25) is 5.91 Å². The summed E-state index contributed by atoms with van der Waals surface area (Å²) in [5.41, 5.74) is 0. The van der Waals surface area contributed by atoms with Gasteiger partial charge in [0.15, 0.2) is 0 Å². The molecule has 0 aliphatic heterocycles. The molecule has 0 spiro atoms. The van der Waals surface area contributed by atoms with E-state index in [4.69, 9.17) is 0 Å². The third kappa shape index (κ3) is 3.26. The van der Waals surface area contributed by atoms with Crippen LogP contribution in [-0.2, 0) is 18.3 Å². The van der Waals surface area contributed by atoms with Crippen LogP contribution in [0.25, 0.3) is 0 Å². The van der Waals surface area contributed by atoms with Crippen molar-refractivity contribution in [2.24, 2.45) is 7.05 Å². The summed E-state index contributed by atoms with van der Waals surface area (Å²) in [7, 11) is 3.80. The molecule has 1 N–H and O–H groups in total. The zero-order valence-electron chi connectivity index (χ0n) is 10.4. The van der Waals surface area contributed by atoms with Gasteiger partial charge in [-0.25, -0.2) is 0 Å². The fourth-order valence-electron chi connectivity index (χ4n) is 1.72. The normalized spacial score (nSPS) is 14.9. The van der Waals surface area contributed by atoms with Crippen molar-refractivity contribution < 1.29 is 4.79 Å². The molecular formula is C11H19N5O. The van der Waals surface area contributed by atoms with Crippen molar-refractivity contribution in [1.82, 2.24) is 25.0 Å². The molecule has 1 heterocycles. The van der Waals surface area contributed by atoms with E-state index < -0.39 is 0 Å². The summed E-state index contributed by atoms with van der Waals surface area (Å²) in [4.78, 5) is 13.5. The molecule has 0 atom stereocenters. The Kier molecular flexibility index (Phi) is 3.73. The molecule has 0 bridgehead atoms. The Labute approximate surface area is 101 Å². The first-order chi connectivity index (χ1) is 8.18. The molecular weight excluding hydrogens is 218 g/mol. The Morgan fingerprint density at radius 1 is 1.65 bits per heavy atom. The quantitative estimate of drug-likeness (QED) is 0.682. The van der Waals surface area contributed by atoms with Crippen molar-refractivity contribution in [3.05, 3.63) is 12.2 Å². The molecule has 0 saturated heterocycles. The highest BCUT2D eigenvalue weighted by Crippen LogP contribution is 2.24. The van der Waals surface area contributed by atoms with Crippen molar-refractivity contribution >= 4 is 5.91 Å². The van der Waals surface area contributed by atoms with E-state index in [2.05, 4.69) is 15.5 Å². The van der Waals surface area contributed by atoms with Crippen LogP contribution in [0.3, 0.4) is 0 Å². The Bertz CT molecular complexity index is 385. The van der Waals surface area contributed by atoms with E-state index in [1.807, 2.05) is 23.6 Å². The van der Waals surface area contributed by atoms with Crippen LogP contribution in [0.5, 0.6) is 0 Å². The largest absolute Gasteiger partial charge is 0.342 e. The van der Waals surface area contributed by atoms with Gasteiger partial charge in [-0.2, -0.15) is 0 Å². The van der Waals surface area contributed by atoms with E-state index >= 15 is 0 Å². The van der Waals surface area contributed by atoms with Gasteiger partial charge in [0, 0.05) is 33.1 Å². The minimum absolute atomic E-state index is 0.172. The lowest BCUT2D eigenvalue weighted by atomic mass is 10.4. The first-order valence-corrected chi connectivity index (χ1v) is 5.97. The second kappa shape index (κ2) is 5.27. The smallest absolute Gasteiger partial charge is 0.236 e. The molecule has 1 amide bonds. The van der Waals surface area contributed by atoms with E-state index in [-0.39, 0.29) is 5.91 Å². The predicted molar refractivity (Wildman–Crippen MR) is 63.4 cm³/mol. The van der Waals surface area contributed by atoms with Crippen LogP contribution in [0.2, 0.25) is 0 Å². The maximum Gasteiger partial charge on any atom is 0.236 e. The van der Waals surface area contributed by atoms with Gasteiger partial charge in [0.25, 0.3) is 0 Å². The monoisotopic (exact) mass is 237 g/mol. The lowest BCUT2D eigenvalue weighted by Crippen LogP contribution is -2.37. The van der Waals surface area contributed by atoms with Crippen LogP contribution in [-0.4, -0.2) is 51.8 Å². The molecule has 1 saturated carbocycles. The number of carbonyl (C=O) groups is 1. The molecule has 6 heteroatoms. The molecule has 1 aromatic rings. The van der Waals surface area contributed by atoms with Crippen molar-refractivity contribution in [3.8, 4) is 0 Å². The zero-order valence-corrected chi connectivity index (χ0v) is 10.4. The summed E-state index contributed by atoms with van der Waals surface area (Å²) in [6.45, 7) is 1.15. The predicted octanol–water partition coefficient (Wildman–Crippen LogP) is -0.432. The molecule has 17 heavy (non-hydrogen) atoms. The van der Waals surface area contributed by atoms with Crippen molar-refractivity contribution in [1.29, 1.82) is 0 Å². The Morgan fingerprint density at radius 2 is 2.41 bits per heavy atom. The van der Waals surface area contributed by atoms with Gasteiger partial charge in [0.05, 0.1) is 6.54 Å². The number of aryl methyl sites for hydroxylation is 1. The fourth-order valence-corrected chi connectivity index (χ4v) is 1.72. The minimum Gasteiger partial charge on any atom is -0.342 e. The molecule has 1 aromatic heterocycles. The number of aromatic nitrogens is 3. The molecule has 94 valence electrons. The molecule has 1 fully saturated rings. The second-order valence-electron chi connectivity index (χ2n) is 4.52. The molecule has 0 radical (unpaired) electrons. The van der Waals surface area contributed by atoms with E-state index in [1.165, 1.54) is 0 Å². The van der Waals surface area contributed by atoms with Crippen LogP contribution in [0.1, 0.15) is 18.7 Å². The second-order valence-corrected chi connectivity index (χ2v) is 4.52. The van der Waals surface area contributed by atoms with Gasteiger partial charge in [-0.05, 0) is 12.8 Å². The lowest BCUT2D eigenvalue weighted by Gasteiger charge is -2.16. The first kappa shape index (κ1) is 12.0. The maximum absolute atomic E-state index is 11.7. The number of nitrogens with one attached hydrogen (secondary N) is 1. The summed E-state index contributed by atoms with van der Waals surface area (Å²) in [6, 6.07) is 0.489. The van der Waals surface area contributed by atoms with Gasteiger partial charge in [-0.1, -0.05) is 0 Å². The van der Waals surface area contributed by atoms with Crippen LogP contribution >= 0.6 is 0 Å². The van der Waals surface area contributed by atoms with Gasteiger partial charge in [-0.3, -0.25) is 4.79 Å². The summed E-state index contributed by atoms with van der Waals surface area (Å²) >= 11 is 0. The van der Waals surface area contributed by atoms with Gasteiger partial charge in [0.1, 0.15) is 12.2 Å². The topological polar surface area (TPSA) is 63.1 Å².